The van der Waals surface area contributed by atoms with Gasteiger partial charge in [0.1, 0.15) is 47.0 Å². The Balaban J connectivity index is 0.000000184. The number of rotatable bonds is 12. The van der Waals surface area contributed by atoms with Crippen LogP contribution >= 0.6 is 0 Å². The molecular formula is C81H98N8O17S2. The number of carbonyl (C=O) groups excluding carboxylic acids is 7. The van der Waals surface area contributed by atoms with Crippen molar-refractivity contribution in [2.45, 2.75) is 185 Å². The predicted molar refractivity (Wildman–Crippen MR) is 408 cm³/mol. The number of ether oxygens (including phenoxy) is 2. The molecular weight excluding hydrogens is 1420 g/mol. The number of benzene rings is 4. The molecule has 7 aliphatic carbocycles. The Bertz CT molecular complexity index is 4620. The molecule has 14 rings (SSSR count). The number of sulfonamides is 2. The number of amides is 5. The van der Waals surface area contributed by atoms with Gasteiger partial charge in [0.2, 0.25) is 31.9 Å². The van der Waals surface area contributed by atoms with Crippen LogP contribution in [0.5, 0.6) is 0 Å². The van der Waals surface area contributed by atoms with Gasteiger partial charge in [0.15, 0.2) is 5.78 Å². The maximum Gasteiger partial charge on any atom is 0.407 e. The summed E-state index contributed by atoms with van der Waals surface area (Å²) >= 11 is 0. The third-order valence-corrected chi connectivity index (χ3v) is 25.3. The Hall–Kier alpha value is -9.60. The van der Waals surface area contributed by atoms with Crippen LogP contribution in [-0.4, -0.2) is 152 Å². The number of hydrogen-bond donors (Lipinski definition) is 6. The summed E-state index contributed by atoms with van der Waals surface area (Å²) in [6, 6.07) is 25.2. The number of carboxylic acid groups (broad SMARTS) is 1. The molecule has 5 amide bonds. The van der Waals surface area contributed by atoms with Crippen molar-refractivity contribution in [2.24, 2.45) is 56.0 Å². The van der Waals surface area contributed by atoms with E-state index in [1.807, 2.05) is 131 Å². The van der Waals surface area contributed by atoms with E-state index >= 15 is 0 Å². The monoisotopic (exact) mass is 1520 g/mol. The van der Waals surface area contributed by atoms with Crippen LogP contribution in [0.25, 0.3) is 34.4 Å². The minimum atomic E-state index is -3.84. The molecule has 4 aromatic carbocycles. The Kier molecular flexibility index (Phi) is 23.2. The van der Waals surface area contributed by atoms with Crippen molar-refractivity contribution in [2.75, 3.05) is 19.8 Å². The largest absolute Gasteiger partial charge is 0.480 e. The zero-order valence-corrected chi connectivity index (χ0v) is 62.7. The van der Waals surface area contributed by atoms with Crippen LogP contribution < -0.4 is 25.8 Å². The van der Waals surface area contributed by atoms with Gasteiger partial charge < -0.3 is 45.5 Å². The fraction of sp³-hybridized carbons (Fsp3) is 0.481. The molecule has 25 nitrogen and oxygen atoms in total. The highest BCUT2D eigenvalue weighted by atomic mass is 32.2. The molecule has 0 spiro atoms. The van der Waals surface area contributed by atoms with E-state index in [9.17, 15) is 60.3 Å². The fourth-order valence-corrected chi connectivity index (χ4v) is 17.7. The predicted octanol–water partition coefficient (Wildman–Crippen LogP) is 10.7. The summed E-state index contributed by atoms with van der Waals surface area (Å²) in [7, 11) is -7.32. The lowest BCUT2D eigenvalue weighted by Gasteiger charge is -2.34. The topological polar surface area (TPSA) is 364 Å². The number of cyclic esters (lactones) is 2. The maximum absolute atomic E-state index is 14.6. The number of alkyl carbamates (subject to hydrolysis) is 2. The number of aliphatic carboxylic acids is 1. The quantitative estimate of drug-likeness (QED) is 0.0620. The molecule has 27 heteroatoms. The number of nitrogens with two attached hydrogens (primary N) is 1. The number of nitrogens with zero attached hydrogens (tertiary/aromatic N) is 3. The molecule has 3 heterocycles. The second kappa shape index (κ2) is 31.5. The average molecular weight is 1520 g/mol. The number of carbonyl (C=O) groups is 8. The molecule has 3 aliphatic heterocycles. The minimum absolute atomic E-state index is 0. The van der Waals surface area contributed by atoms with Crippen molar-refractivity contribution in [1.82, 2.24) is 25.0 Å². The lowest BCUT2D eigenvalue weighted by atomic mass is 9.75. The van der Waals surface area contributed by atoms with Gasteiger partial charge in [-0.2, -0.15) is 0 Å². The van der Waals surface area contributed by atoms with Gasteiger partial charge in [-0.25, -0.2) is 31.2 Å². The molecule has 8 bridgehead atoms. The minimum Gasteiger partial charge on any atom is -0.480 e. The van der Waals surface area contributed by atoms with Crippen molar-refractivity contribution >= 4 is 91.1 Å². The zero-order valence-electron chi connectivity index (χ0n) is 61.0. The summed E-state index contributed by atoms with van der Waals surface area (Å²) in [5.74, 6) is -5.82. The highest BCUT2D eigenvalue weighted by Crippen LogP contribution is 2.58. The normalized spacial score (nSPS) is 28.3. The maximum atomic E-state index is 14.6. The first-order valence-corrected chi connectivity index (χ1v) is 39.8. The summed E-state index contributed by atoms with van der Waals surface area (Å²) in [5, 5.41) is 23.6. The number of carboxylic acids is 1. The second-order valence-corrected chi connectivity index (χ2v) is 35.7. The number of hydrogen-bond acceptors (Lipinski definition) is 19. The number of fused-ring (bicyclic) bond motifs is 12. The molecule has 0 radical (unpaired) electrons. The standard InChI is InChI=1S/C41H47N3O8S.C30H33N3O6.C9H14N2O3S.CH4/c1-5-25-22-41(25,38(47)44-53(49,50)27-15-16-27)23-34(45)31-20-26-21-33(31)36(46)37(40(2,3)4)42-39(48)51-18-10-6-7-11-24-14-17-29-28-12-8-9-13-30(28)35(43-52-26)32(29)19-24;1-30(2,3)26-27(34)33-17-19(16-24(33)28(35)36)39-32-25-22-11-7-6-10-20(22)21-13-12-18(15-23(21)25)9-5-4-8-14-38-29(37)31-26;1-2-6-5-9(6,10)8(12)11-15(13,14)7-3-4-7;/h5,7-9,11-14,17,19,25-27,31,33,37H,1,6,10,15-16,18,20-23H2,2-4H3,(H,42,48)(H,44,47);5-7,9-13,15,19,24,26H,4,8,14,16-17H2,1-3H3,(H,31,37)(H,35,36);2,6-7H,1,3-5,10H2,(H,11,12);1H4/b11-7+,43-35+;9-5+,32-25?;;/t25-,26-,31-,33?,37-,41-;19-,24+,26-;6-,9-;/m111./s1. The average Bonchev–Trinajstić information content (AvgIpc) is 1.54. The molecule has 6 fully saturated rings. The molecule has 11 atom stereocenters. The summed E-state index contributed by atoms with van der Waals surface area (Å²) in [5.41, 5.74) is 13.2. The van der Waals surface area contributed by atoms with Crippen LogP contribution in [-0.2, 0) is 68.0 Å². The number of nitrogens with one attached hydrogen (secondary N) is 4. The van der Waals surface area contributed by atoms with Gasteiger partial charge in [0.05, 0.1) is 41.7 Å². The molecule has 1 unspecified atom stereocenters. The number of ketones is 2. The van der Waals surface area contributed by atoms with Crippen molar-refractivity contribution in [3.63, 3.8) is 0 Å². The van der Waals surface area contributed by atoms with E-state index < -0.39 is 130 Å². The molecule has 4 aromatic rings. The van der Waals surface area contributed by atoms with Crippen LogP contribution in [0.4, 0.5) is 9.59 Å². The zero-order chi connectivity index (χ0) is 76.7. The Morgan fingerprint density at radius 2 is 1.10 bits per heavy atom. The van der Waals surface area contributed by atoms with Gasteiger partial charge in [-0.05, 0) is 139 Å². The third kappa shape index (κ3) is 17.3. The SMILES string of the molecule is C.C=C[C@@H]1C[C@]1(CC(=O)[C@@H]1C[C@@H]2CC1C(=O)[C@H](C(C)(C)C)NC(=O)OCCC/C=C/c1ccc3c(c1)/C(=N/O2)c1ccccc1-3)C(=O)NS(=O)(=O)C1CC1.C=C[C@@H]1C[C@]1(N)C(=O)NS(=O)(=O)C1CC1.CC(C)(C)[C@@H]1NC(=O)OCCC/C=C/c2ccc3c(c2)C(=NO[C@@H]2C[C@@H](C(=O)O)N(C2)C1=O)c1ccccc1-3. The fourth-order valence-electron chi connectivity index (χ4n) is 15.0. The lowest BCUT2D eigenvalue weighted by molar-refractivity contribution is -0.150. The number of allylic oxidation sites excluding steroid dienone is 3. The van der Waals surface area contributed by atoms with Gasteiger partial charge in [-0.3, -0.25) is 33.4 Å². The molecule has 0 aromatic heterocycles. The number of Topliss-reactive ketones (excluding diaryl/α,β-unsaturated/α-hetero) is 2. The van der Waals surface area contributed by atoms with Gasteiger partial charge in [0, 0.05) is 52.8 Å². The van der Waals surface area contributed by atoms with Crippen molar-refractivity contribution in [3.05, 3.63) is 156 Å². The smallest absolute Gasteiger partial charge is 0.407 e. The summed E-state index contributed by atoms with van der Waals surface area (Å²) in [6.07, 6.45) is 14.3. The second-order valence-electron chi connectivity index (χ2n) is 31.7. The third-order valence-electron chi connectivity index (χ3n) is 21.7. The summed E-state index contributed by atoms with van der Waals surface area (Å²) < 4.78 is 63.5. The Morgan fingerprint density at radius 1 is 0.630 bits per heavy atom. The molecule has 108 heavy (non-hydrogen) atoms. The van der Waals surface area contributed by atoms with Crippen LogP contribution in [0.3, 0.4) is 0 Å². The van der Waals surface area contributed by atoms with Crippen molar-refractivity contribution in [1.29, 1.82) is 0 Å². The molecule has 7 N–H and O–H groups in total. The van der Waals surface area contributed by atoms with E-state index in [2.05, 4.69) is 57.9 Å². The molecule has 1 saturated heterocycles. The highest BCUT2D eigenvalue weighted by molar-refractivity contribution is 7.91. The lowest BCUT2D eigenvalue weighted by Crippen LogP contribution is -2.56. The van der Waals surface area contributed by atoms with Crippen LogP contribution in [0.1, 0.15) is 172 Å². The number of oxime groups is 2. The highest BCUT2D eigenvalue weighted by Gasteiger charge is 2.62. The Morgan fingerprint density at radius 3 is 1.56 bits per heavy atom. The van der Waals surface area contributed by atoms with E-state index in [-0.39, 0.29) is 82.7 Å². The summed E-state index contributed by atoms with van der Waals surface area (Å²) in [6.45, 7) is 18.7. The molecule has 576 valence electrons. The van der Waals surface area contributed by atoms with E-state index in [0.717, 1.165) is 55.6 Å². The van der Waals surface area contributed by atoms with Crippen LogP contribution in [0, 0.1) is 39.9 Å². The van der Waals surface area contributed by atoms with E-state index in [4.69, 9.17) is 30.0 Å². The first-order valence-electron chi connectivity index (χ1n) is 36.7. The van der Waals surface area contributed by atoms with Crippen molar-refractivity contribution < 1.29 is 79.4 Å². The summed E-state index contributed by atoms with van der Waals surface area (Å²) in [4.78, 5) is 119. The van der Waals surface area contributed by atoms with E-state index in [1.54, 1.807) is 12.2 Å². The first-order chi connectivity index (χ1) is 50.7. The van der Waals surface area contributed by atoms with Gasteiger partial charge in [-0.15, -0.1) is 13.2 Å². The molecule has 10 aliphatic rings. The first kappa shape index (κ1) is 79.4. The molecule has 5 saturated carbocycles. The van der Waals surface area contributed by atoms with E-state index in [1.165, 1.54) is 4.90 Å². The Labute approximate surface area is 631 Å². The van der Waals surface area contributed by atoms with Gasteiger partial charge in [0.25, 0.3) is 5.91 Å². The van der Waals surface area contributed by atoms with Gasteiger partial charge >= 0.3 is 18.2 Å². The van der Waals surface area contributed by atoms with Crippen LogP contribution in [0.15, 0.2) is 133 Å². The van der Waals surface area contributed by atoms with Crippen LogP contribution in [0.2, 0.25) is 0 Å². The van der Waals surface area contributed by atoms with Crippen molar-refractivity contribution in [3.8, 4) is 22.3 Å². The van der Waals surface area contributed by atoms with E-state index in [0.29, 0.717) is 69.2 Å². The van der Waals surface area contributed by atoms with Gasteiger partial charge in [-0.1, -0.05) is 169 Å².